The van der Waals surface area contributed by atoms with Gasteiger partial charge in [-0.3, -0.25) is 0 Å². The molecule has 0 aliphatic rings. The van der Waals surface area contributed by atoms with E-state index in [1.54, 1.807) is 36.4 Å². The van der Waals surface area contributed by atoms with E-state index in [0.717, 1.165) is 0 Å². The third-order valence-electron chi connectivity index (χ3n) is 2.97. The maximum absolute atomic E-state index is 12.4. The maximum Gasteiger partial charge on any atom is 0.192 e. The number of allylic oxidation sites excluding steroid dienone is 1. The monoisotopic (exact) mass is 385 g/mol. The molecular formula is C16H10Cl3NO2S. The molecule has 0 amide bonds. The van der Waals surface area contributed by atoms with Crippen LogP contribution in [0.2, 0.25) is 15.1 Å². The lowest BCUT2D eigenvalue weighted by Crippen LogP contribution is -2.07. The molecule has 7 heteroatoms. The number of halogens is 3. The van der Waals surface area contributed by atoms with Gasteiger partial charge in [0.25, 0.3) is 0 Å². The molecule has 118 valence electrons. The minimum atomic E-state index is -3.83. The van der Waals surface area contributed by atoms with Gasteiger partial charge in [-0.1, -0.05) is 53.0 Å². The fourth-order valence-electron chi connectivity index (χ4n) is 1.82. The van der Waals surface area contributed by atoms with Crippen molar-refractivity contribution in [2.24, 2.45) is 0 Å². The van der Waals surface area contributed by atoms with Crippen LogP contribution in [-0.2, 0) is 15.6 Å². The van der Waals surface area contributed by atoms with Gasteiger partial charge in [-0.15, -0.1) is 0 Å². The van der Waals surface area contributed by atoms with Gasteiger partial charge in [0.05, 0.1) is 5.75 Å². The fraction of sp³-hybridized carbons (Fsp3) is 0.0625. The molecule has 0 N–H and O–H groups in total. The summed E-state index contributed by atoms with van der Waals surface area (Å²) in [5.74, 6) is -0.379. The smallest absolute Gasteiger partial charge is 0.192 e. The van der Waals surface area contributed by atoms with Crippen molar-refractivity contribution in [3.8, 4) is 6.07 Å². The molecule has 0 fully saturated rings. The number of nitriles is 1. The molecule has 0 unspecified atom stereocenters. The first-order valence-corrected chi connectivity index (χ1v) is 9.14. The molecule has 3 nitrogen and oxygen atoms in total. The van der Waals surface area contributed by atoms with Gasteiger partial charge in [-0.2, -0.15) is 5.26 Å². The molecule has 2 aromatic rings. The molecule has 0 atom stereocenters. The Balaban J connectivity index is 2.36. The van der Waals surface area contributed by atoms with E-state index in [2.05, 4.69) is 0 Å². The van der Waals surface area contributed by atoms with Crippen molar-refractivity contribution in [3.63, 3.8) is 0 Å². The lowest BCUT2D eigenvalue weighted by molar-refractivity contribution is 0.602. The standard InChI is InChI=1S/C16H10Cl3NO2S/c17-13-4-1-11(2-5-13)7-15(9-20)23(21,22)10-12-3-6-14(18)8-16(12)19/h1-8H,10H2. The second-order valence-corrected chi connectivity index (χ2v) is 7.90. The molecule has 0 heterocycles. The van der Waals surface area contributed by atoms with Gasteiger partial charge in [-0.25, -0.2) is 8.42 Å². The summed E-state index contributed by atoms with van der Waals surface area (Å²) in [7, 11) is -3.83. The second kappa shape index (κ2) is 7.37. The molecule has 0 spiro atoms. The Morgan fingerprint density at radius 3 is 2.22 bits per heavy atom. The van der Waals surface area contributed by atoms with Gasteiger partial charge < -0.3 is 0 Å². The number of nitrogens with zero attached hydrogens (tertiary/aromatic N) is 1. The van der Waals surface area contributed by atoms with Crippen molar-refractivity contribution in [2.75, 3.05) is 0 Å². The maximum atomic E-state index is 12.4. The van der Waals surface area contributed by atoms with Crippen LogP contribution < -0.4 is 0 Å². The predicted octanol–water partition coefficient (Wildman–Crippen LogP) is 5.13. The summed E-state index contributed by atoms with van der Waals surface area (Å²) < 4.78 is 24.9. The van der Waals surface area contributed by atoms with Gasteiger partial charge in [0.15, 0.2) is 9.84 Å². The highest BCUT2D eigenvalue weighted by Crippen LogP contribution is 2.25. The minimum absolute atomic E-state index is 0.241. The molecular weight excluding hydrogens is 377 g/mol. The molecule has 0 radical (unpaired) electrons. The molecule has 23 heavy (non-hydrogen) atoms. The van der Waals surface area contributed by atoms with Crippen LogP contribution in [0, 0.1) is 11.3 Å². The normalized spacial score (nSPS) is 12.0. The third kappa shape index (κ3) is 4.73. The zero-order valence-electron chi connectivity index (χ0n) is 11.6. The van der Waals surface area contributed by atoms with Crippen LogP contribution >= 0.6 is 34.8 Å². The number of hydrogen-bond donors (Lipinski definition) is 0. The Kier molecular flexibility index (Phi) is 5.72. The van der Waals surface area contributed by atoms with Crippen molar-refractivity contribution in [2.45, 2.75) is 5.75 Å². The Morgan fingerprint density at radius 2 is 1.65 bits per heavy atom. The van der Waals surface area contributed by atoms with Crippen LogP contribution in [0.25, 0.3) is 6.08 Å². The van der Waals surface area contributed by atoms with Gasteiger partial charge in [0, 0.05) is 15.1 Å². The van der Waals surface area contributed by atoms with Crippen LogP contribution in [0.15, 0.2) is 47.4 Å². The number of hydrogen-bond acceptors (Lipinski definition) is 3. The Morgan fingerprint density at radius 1 is 1.04 bits per heavy atom. The quantitative estimate of drug-likeness (QED) is 0.685. The van der Waals surface area contributed by atoms with Crippen molar-refractivity contribution in [1.82, 2.24) is 0 Å². The summed E-state index contributed by atoms with van der Waals surface area (Å²) >= 11 is 17.6. The highest BCUT2D eigenvalue weighted by molar-refractivity contribution is 7.95. The van der Waals surface area contributed by atoms with E-state index in [9.17, 15) is 13.7 Å². The van der Waals surface area contributed by atoms with Crippen molar-refractivity contribution in [1.29, 1.82) is 5.26 Å². The van der Waals surface area contributed by atoms with Crippen LogP contribution in [0.5, 0.6) is 0 Å². The topological polar surface area (TPSA) is 57.9 Å². The summed E-state index contributed by atoms with van der Waals surface area (Å²) in [4.78, 5) is -0.342. The average Bonchev–Trinajstić information content (AvgIpc) is 2.49. The molecule has 0 bridgehead atoms. The highest BCUT2D eigenvalue weighted by atomic mass is 35.5. The summed E-state index contributed by atoms with van der Waals surface area (Å²) in [6, 6.07) is 12.8. The highest BCUT2D eigenvalue weighted by Gasteiger charge is 2.20. The third-order valence-corrected chi connectivity index (χ3v) is 5.38. The Hall–Kier alpha value is -1.51. The second-order valence-electron chi connectivity index (χ2n) is 4.67. The van der Waals surface area contributed by atoms with E-state index in [4.69, 9.17) is 34.8 Å². The van der Waals surface area contributed by atoms with Crippen LogP contribution in [0.4, 0.5) is 0 Å². The predicted molar refractivity (Wildman–Crippen MR) is 94.1 cm³/mol. The Labute approximate surface area is 149 Å². The van der Waals surface area contributed by atoms with Crippen molar-refractivity contribution >= 4 is 50.7 Å². The van der Waals surface area contributed by atoms with Crippen molar-refractivity contribution in [3.05, 3.63) is 73.6 Å². The fourth-order valence-corrected chi connectivity index (χ4v) is 3.78. The first kappa shape index (κ1) is 17.8. The zero-order valence-corrected chi connectivity index (χ0v) is 14.7. The van der Waals surface area contributed by atoms with E-state index >= 15 is 0 Å². The minimum Gasteiger partial charge on any atom is -0.223 e. The number of benzene rings is 2. The summed E-state index contributed by atoms with van der Waals surface area (Å²) in [5, 5.41) is 10.4. The molecule has 2 rings (SSSR count). The Bertz CT molecular complexity index is 898. The molecule has 2 aromatic carbocycles. The lowest BCUT2D eigenvalue weighted by atomic mass is 10.2. The first-order valence-electron chi connectivity index (χ1n) is 6.36. The molecule has 0 saturated carbocycles. The van der Waals surface area contributed by atoms with Crippen LogP contribution in [-0.4, -0.2) is 8.42 Å². The molecule has 0 saturated heterocycles. The average molecular weight is 387 g/mol. The van der Waals surface area contributed by atoms with Gasteiger partial charge in [0.2, 0.25) is 0 Å². The molecule has 0 aliphatic heterocycles. The molecule has 0 aromatic heterocycles. The van der Waals surface area contributed by atoms with Crippen LogP contribution in [0.1, 0.15) is 11.1 Å². The summed E-state index contributed by atoms with van der Waals surface area (Å²) in [6.07, 6.45) is 1.30. The number of rotatable bonds is 4. The van der Waals surface area contributed by atoms with Crippen LogP contribution in [0.3, 0.4) is 0 Å². The summed E-state index contributed by atoms with van der Waals surface area (Å²) in [5.41, 5.74) is 0.949. The van der Waals surface area contributed by atoms with Gasteiger partial charge >= 0.3 is 0 Å². The van der Waals surface area contributed by atoms with Crippen molar-refractivity contribution < 1.29 is 8.42 Å². The van der Waals surface area contributed by atoms with E-state index in [1.165, 1.54) is 18.2 Å². The lowest BCUT2D eigenvalue weighted by Gasteiger charge is -2.06. The van der Waals surface area contributed by atoms with Gasteiger partial charge in [0.1, 0.15) is 11.0 Å². The largest absolute Gasteiger partial charge is 0.223 e. The van der Waals surface area contributed by atoms with E-state index < -0.39 is 9.84 Å². The summed E-state index contributed by atoms with van der Waals surface area (Å²) in [6.45, 7) is 0. The first-order chi connectivity index (χ1) is 10.8. The zero-order chi connectivity index (χ0) is 17.0. The molecule has 0 aliphatic carbocycles. The van der Waals surface area contributed by atoms with E-state index in [0.29, 0.717) is 21.2 Å². The van der Waals surface area contributed by atoms with Gasteiger partial charge in [-0.05, 0) is 41.5 Å². The SMILES string of the molecule is N#CC(=Cc1ccc(Cl)cc1)S(=O)(=O)Cc1ccc(Cl)cc1Cl. The van der Waals surface area contributed by atoms with E-state index in [-0.39, 0.29) is 15.7 Å². The number of sulfone groups is 1. The van der Waals surface area contributed by atoms with E-state index in [1.807, 2.05) is 0 Å².